The fourth-order valence-electron chi connectivity index (χ4n) is 2.61. The first-order chi connectivity index (χ1) is 11.8. The van der Waals surface area contributed by atoms with E-state index in [1.807, 2.05) is 20.8 Å². The monoisotopic (exact) mass is 343 g/mol. The average Bonchev–Trinajstić information content (AvgIpc) is 2.98. The zero-order chi connectivity index (χ0) is 18.4. The van der Waals surface area contributed by atoms with Crippen LogP contribution in [-0.2, 0) is 23.1 Å². The third-order valence-corrected chi connectivity index (χ3v) is 4.15. The van der Waals surface area contributed by atoms with Crippen molar-refractivity contribution in [2.45, 2.75) is 65.7 Å². The predicted octanol–water partition coefficient (Wildman–Crippen LogP) is 3.67. The maximum Gasteiger partial charge on any atom is 0.226 e. The quantitative estimate of drug-likeness (QED) is 0.833. The van der Waals surface area contributed by atoms with Crippen LogP contribution in [0.2, 0.25) is 0 Å². The van der Waals surface area contributed by atoms with Crippen LogP contribution >= 0.6 is 0 Å². The first-order valence-electron chi connectivity index (χ1n) is 8.91. The summed E-state index contributed by atoms with van der Waals surface area (Å²) in [4.78, 5) is 16.3. The molecule has 0 saturated heterocycles. The van der Waals surface area contributed by atoms with Crippen LogP contribution in [0.1, 0.15) is 62.0 Å². The van der Waals surface area contributed by atoms with E-state index in [1.54, 1.807) is 0 Å². The number of rotatable bonds is 7. The summed E-state index contributed by atoms with van der Waals surface area (Å²) in [6.45, 7) is 11.0. The van der Waals surface area contributed by atoms with Gasteiger partial charge in [0.05, 0.1) is 0 Å². The lowest BCUT2D eigenvalue weighted by Crippen LogP contribution is -2.25. The number of carbonyl (C=O) groups excluding carboxylic acids is 1. The number of aromatic nitrogens is 2. The van der Waals surface area contributed by atoms with Crippen LogP contribution in [0.5, 0.6) is 0 Å². The van der Waals surface area contributed by atoms with Crippen molar-refractivity contribution in [3.05, 3.63) is 46.6 Å². The van der Waals surface area contributed by atoms with E-state index in [4.69, 9.17) is 4.52 Å². The maximum atomic E-state index is 11.9. The summed E-state index contributed by atoms with van der Waals surface area (Å²) in [7, 11) is 0. The summed E-state index contributed by atoms with van der Waals surface area (Å²) in [5.74, 6) is 1.38. The number of hydrogen-bond acceptors (Lipinski definition) is 4. The molecule has 0 saturated carbocycles. The Morgan fingerprint density at radius 3 is 2.60 bits per heavy atom. The van der Waals surface area contributed by atoms with Gasteiger partial charge in [-0.2, -0.15) is 4.98 Å². The van der Waals surface area contributed by atoms with Crippen LogP contribution in [0, 0.1) is 13.8 Å². The zero-order valence-corrected chi connectivity index (χ0v) is 16.0. The van der Waals surface area contributed by atoms with E-state index >= 15 is 0 Å². The Hall–Kier alpha value is -2.17. The van der Waals surface area contributed by atoms with Crippen LogP contribution in [0.25, 0.3) is 0 Å². The maximum absolute atomic E-state index is 11.9. The minimum absolute atomic E-state index is 0.0697. The summed E-state index contributed by atoms with van der Waals surface area (Å²) in [6.07, 6.45) is 2.67. The van der Waals surface area contributed by atoms with Gasteiger partial charge in [0.15, 0.2) is 5.82 Å². The first kappa shape index (κ1) is 19.2. The molecule has 0 aliphatic carbocycles. The van der Waals surface area contributed by atoms with Crippen molar-refractivity contribution in [3.63, 3.8) is 0 Å². The number of nitrogens with one attached hydrogen (secondary N) is 1. The Morgan fingerprint density at radius 2 is 1.96 bits per heavy atom. The molecule has 2 aromatic rings. The molecule has 5 heteroatoms. The lowest BCUT2D eigenvalue weighted by atomic mass is 9.96. The second-order valence-corrected chi connectivity index (χ2v) is 7.65. The van der Waals surface area contributed by atoms with E-state index in [0.29, 0.717) is 37.5 Å². The average molecular weight is 343 g/mol. The van der Waals surface area contributed by atoms with E-state index < -0.39 is 0 Å². The van der Waals surface area contributed by atoms with E-state index in [2.05, 4.69) is 47.5 Å². The van der Waals surface area contributed by atoms with Crippen LogP contribution in [0.3, 0.4) is 0 Å². The van der Waals surface area contributed by atoms with Crippen molar-refractivity contribution < 1.29 is 9.32 Å². The standard InChI is InChI=1S/C20H29N3O2/c1-14-9-10-16(15(2)13-14)11-12-21-17(24)7-6-8-18-22-19(23-25-18)20(3,4)5/h9-10,13H,6-8,11-12H2,1-5H3,(H,21,24). The van der Waals surface area contributed by atoms with Gasteiger partial charge in [-0.3, -0.25) is 4.79 Å². The molecule has 0 atom stereocenters. The molecular weight excluding hydrogens is 314 g/mol. The van der Waals surface area contributed by atoms with Crippen molar-refractivity contribution in [1.29, 1.82) is 0 Å². The molecule has 136 valence electrons. The lowest BCUT2D eigenvalue weighted by molar-refractivity contribution is -0.121. The van der Waals surface area contributed by atoms with Gasteiger partial charge in [-0.05, 0) is 37.8 Å². The number of aryl methyl sites for hydroxylation is 3. The molecule has 1 aromatic carbocycles. The second kappa shape index (κ2) is 8.28. The van der Waals surface area contributed by atoms with Gasteiger partial charge in [0.2, 0.25) is 11.8 Å². The van der Waals surface area contributed by atoms with Gasteiger partial charge >= 0.3 is 0 Å². The van der Waals surface area contributed by atoms with Crippen molar-refractivity contribution in [1.82, 2.24) is 15.5 Å². The molecule has 0 bridgehead atoms. The molecule has 1 amide bonds. The van der Waals surface area contributed by atoms with Crippen LogP contribution in [0.4, 0.5) is 0 Å². The number of benzene rings is 1. The Kier molecular flexibility index (Phi) is 6.34. The first-order valence-corrected chi connectivity index (χ1v) is 8.91. The van der Waals surface area contributed by atoms with Gasteiger partial charge in [0.1, 0.15) is 0 Å². The molecule has 0 aliphatic rings. The molecule has 0 spiro atoms. The van der Waals surface area contributed by atoms with Crippen molar-refractivity contribution in [2.75, 3.05) is 6.54 Å². The van der Waals surface area contributed by atoms with E-state index in [9.17, 15) is 4.79 Å². The largest absolute Gasteiger partial charge is 0.356 e. The van der Waals surface area contributed by atoms with Crippen LogP contribution in [-0.4, -0.2) is 22.6 Å². The minimum atomic E-state index is -0.118. The zero-order valence-electron chi connectivity index (χ0n) is 16.0. The third kappa shape index (κ3) is 6.00. The molecule has 0 aliphatic heterocycles. The highest BCUT2D eigenvalue weighted by Crippen LogP contribution is 2.18. The topological polar surface area (TPSA) is 68.0 Å². The molecule has 0 unspecified atom stereocenters. The van der Waals surface area contributed by atoms with Gasteiger partial charge < -0.3 is 9.84 Å². The molecule has 25 heavy (non-hydrogen) atoms. The van der Waals surface area contributed by atoms with Gasteiger partial charge in [-0.1, -0.05) is 49.7 Å². The van der Waals surface area contributed by atoms with Crippen LogP contribution in [0.15, 0.2) is 22.7 Å². The highest BCUT2D eigenvalue weighted by molar-refractivity contribution is 5.75. The minimum Gasteiger partial charge on any atom is -0.356 e. The summed E-state index contributed by atoms with van der Waals surface area (Å²) in [5.41, 5.74) is 3.71. The number of nitrogens with zero attached hydrogens (tertiary/aromatic N) is 2. The van der Waals surface area contributed by atoms with E-state index in [0.717, 1.165) is 6.42 Å². The third-order valence-electron chi connectivity index (χ3n) is 4.15. The van der Waals surface area contributed by atoms with Gasteiger partial charge in [0, 0.05) is 24.8 Å². The highest BCUT2D eigenvalue weighted by Gasteiger charge is 2.20. The summed E-state index contributed by atoms with van der Waals surface area (Å²) < 4.78 is 5.24. The summed E-state index contributed by atoms with van der Waals surface area (Å²) in [6, 6.07) is 6.42. The molecular formula is C20H29N3O2. The number of amides is 1. The highest BCUT2D eigenvalue weighted by atomic mass is 16.5. The number of hydrogen-bond donors (Lipinski definition) is 1. The lowest BCUT2D eigenvalue weighted by Gasteiger charge is -2.10. The molecule has 0 fully saturated rings. The molecule has 0 radical (unpaired) electrons. The van der Waals surface area contributed by atoms with Crippen molar-refractivity contribution in [2.24, 2.45) is 0 Å². The molecule has 1 heterocycles. The fourth-order valence-corrected chi connectivity index (χ4v) is 2.61. The predicted molar refractivity (Wildman–Crippen MR) is 98.6 cm³/mol. The number of carbonyl (C=O) groups is 1. The Balaban J connectivity index is 1.68. The normalized spacial score (nSPS) is 11.6. The molecule has 1 N–H and O–H groups in total. The smallest absolute Gasteiger partial charge is 0.226 e. The van der Waals surface area contributed by atoms with Crippen molar-refractivity contribution >= 4 is 5.91 Å². The molecule has 1 aromatic heterocycles. The van der Waals surface area contributed by atoms with Crippen molar-refractivity contribution in [3.8, 4) is 0 Å². The molecule has 2 rings (SSSR count). The summed E-state index contributed by atoms with van der Waals surface area (Å²) in [5, 5.41) is 6.98. The Morgan fingerprint density at radius 1 is 1.20 bits per heavy atom. The second-order valence-electron chi connectivity index (χ2n) is 7.65. The van der Waals surface area contributed by atoms with Gasteiger partial charge in [-0.25, -0.2) is 0 Å². The van der Waals surface area contributed by atoms with Crippen LogP contribution < -0.4 is 5.32 Å². The Bertz CT molecular complexity index is 714. The fraction of sp³-hybridized carbons (Fsp3) is 0.550. The SMILES string of the molecule is Cc1ccc(CCNC(=O)CCCc2nc(C(C)(C)C)no2)c(C)c1. The summed E-state index contributed by atoms with van der Waals surface area (Å²) >= 11 is 0. The van der Waals surface area contributed by atoms with Gasteiger partial charge in [-0.15, -0.1) is 0 Å². The molecule has 5 nitrogen and oxygen atoms in total. The Labute approximate surface area is 150 Å². The van der Waals surface area contributed by atoms with Gasteiger partial charge in [0.25, 0.3) is 0 Å². The van der Waals surface area contributed by atoms with E-state index in [1.165, 1.54) is 16.7 Å². The van der Waals surface area contributed by atoms with E-state index in [-0.39, 0.29) is 11.3 Å².